The second-order valence-corrected chi connectivity index (χ2v) is 8.65. The van der Waals surface area contributed by atoms with Crippen LogP contribution in [0.3, 0.4) is 0 Å². The minimum absolute atomic E-state index is 0.336. The van der Waals surface area contributed by atoms with Gasteiger partial charge in [0.05, 0.1) is 5.56 Å². The second-order valence-electron chi connectivity index (χ2n) is 7.49. The number of primary amides is 1. The van der Waals surface area contributed by atoms with E-state index in [4.69, 9.17) is 10.2 Å². The molecule has 3 aliphatic heterocycles. The van der Waals surface area contributed by atoms with Crippen molar-refractivity contribution in [2.45, 2.75) is 18.8 Å². The number of nitrogens with zero attached hydrogens (tertiary/aromatic N) is 2. The molecule has 138 valence electrons. The van der Waals surface area contributed by atoms with Crippen LogP contribution in [-0.2, 0) is 0 Å². The van der Waals surface area contributed by atoms with E-state index in [0.717, 1.165) is 34.3 Å². The summed E-state index contributed by atoms with van der Waals surface area (Å²) in [6, 6.07) is 11.8. The molecule has 6 heteroatoms. The second kappa shape index (κ2) is 6.60. The van der Waals surface area contributed by atoms with E-state index in [1.54, 1.807) is 0 Å². The Hall–Kier alpha value is -1.93. The van der Waals surface area contributed by atoms with Crippen LogP contribution >= 0.6 is 22.6 Å². The number of hydrogen-bond donors (Lipinski definition) is 1. The molecule has 1 aromatic heterocycles. The largest absolute Gasteiger partial charge is 0.436 e. The first-order valence-corrected chi connectivity index (χ1v) is 10.4. The Bertz CT molecular complexity index is 1020. The number of rotatable bonds is 3. The standard InChI is InChI=1S/C21H20IN3O2/c22-15-10-16-19(24-21(27-16)13-4-2-1-3-5-13)18(20(23)26)17(15)14-11-25-8-6-12(14)7-9-25/h1-5,10,12,14H,6-9,11H2,(H2,23,26). The van der Waals surface area contributed by atoms with Crippen LogP contribution in [0.1, 0.15) is 34.7 Å². The van der Waals surface area contributed by atoms with E-state index >= 15 is 0 Å². The number of amides is 1. The number of oxazole rings is 1. The van der Waals surface area contributed by atoms with Crippen molar-refractivity contribution in [3.8, 4) is 11.5 Å². The van der Waals surface area contributed by atoms with Crippen molar-refractivity contribution in [1.82, 2.24) is 9.88 Å². The van der Waals surface area contributed by atoms with Crippen LogP contribution < -0.4 is 5.73 Å². The molecular weight excluding hydrogens is 453 g/mol. The van der Waals surface area contributed by atoms with E-state index in [9.17, 15) is 4.79 Å². The smallest absolute Gasteiger partial charge is 0.251 e. The number of fused-ring (bicyclic) bond motifs is 4. The first kappa shape index (κ1) is 17.2. The normalized spacial score (nSPS) is 24.4. The molecule has 1 atom stereocenters. The highest BCUT2D eigenvalue weighted by atomic mass is 127. The minimum Gasteiger partial charge on any atom is -0.436 e. The molecule has 3 aromatic rings. The van der Waals surface area contributed by atoms with Gasteiger partial charge in [0, 0.05) is 21.6 Å². The van der Waals surface area contributed by atoms with E-state index in [-0.39, 0.29) is 0 Å². The predicted molar refractivity (Wildman–Crippen MR) is 113 cm³/mol. The highest BCUT2D eigenvalue weighted by Crippen LogP contribution is 2.43. The Morgan fingerprint density at radius 1 is 1.22 bits per heavy atom. The summed E-state index contributed by atoms with van der Waals surface area (Å²) in [5, 5.41) is 0. The van der Waals surface area contributed by atoms with Crippen LogP contribution in [0.4, 0.5) is 0 Å². The summed E-state index contributed by atoms with van der Waals surface area (Å²) < 4.78 is 7.04. The molecule has 3 saturated heterocycles. The number of nitrogens with two attached hydrogens (primary N) is 1. The number of hydrogen-bond acceptors (Lipinski definition) is 4. The summed E-state index contributed by atoms with van der Waals surface area (Å²) in [7, 11) is 0. The molecule has 1 amide bonds. The van der Waals surface area contributed by atoms with E-state index in [0.29, 0.717) is 34.4 Å². The molecule has 6 rings (SSSR count). The molecule has 27 heavy (non-hydrogen) atoms. The molecule has 0 radical (unpaired) electrons. The van der Waals surface area contributed by atoms with Gasteiger partial charge >= 0.3 is 0 Å². The quantitative estimate of drug-likeness (QED) is 0.584. The van der Waals surface area contributed by atoms with Gasteiger partial charge in [-0.15, -0.1) is 0 Å². The van der Waals surface area contributed by atoms with Gasteiger partial charge in [-0.2, -0.15) is 0 Å². The molecule has 3 aliphatic rings. The maximum Gasteiger partial charge on any atom is 0.251 e. The number of benzene rings is 2. The van der Waals surface area contributed by atoms with E-state index in [2.05, 4.69) is 32.5 Å². The van der Waals surface area contributed by atoms with E-state index in [1.165, 1.54) is 12.8 Å². The maximum absolute atomic E-state index is 12.5. The Labute approximate surface area is 171 Å². The third kappa shape index (κ3) is 2.86. The van der Waals surface area contributed by atoms with Crippen molar-refractivity contribution in [2.24, 2.45) is 11.7 Å². The molecule has 0 aliphatic carbocycles. The van der Waals surface area contributed by atoms with Crippen LogP contribution in [0.15, 0.2) is 40.8 Å². The van der Waals surface area contributed by atoms with Crippen LogP contribution in [0.25, 0.3) is 22.6 Å². The summed E-state index contributed by atoms with van der Waals surface area (Å²) in [5.74, 6) is 1.05. The average molecular weight is 473 g/mol. The van der Waals surface area contributed by atoms with Crippen molar-refractivity contribution in [1.29, 1.82) is 0 Å². The van der Waals surface area contributed by atoms with Gasteiger partial charge in [0.1, 0.15) is 5.52 Å². The molecule has 5 nitrogen and oxygen atoms in total. The van der Waals surface area contributed by atoms with Crippen LogP contribution in [0.5, 0.6) is 0 Å². The lowest BCUT2D eigenvalue weighted by Gasteiger charge is -2.45. The van der Waals surface area contributed by atoms with Gasteiger partial charge in [-0.3, -0.25) is 4.79 Å². The summed E-state index contributed by atoms with van der Waals surface area (Å²) >= 11 is 2.32. The first-order chi connectivity index (χ1) is 13.1. The molecule has 4 heterocycles. The van der Waals surface area contributed by atoms with Crippen molar-refractivity contribution in [3.05, 3.63) is 51.1 Å². The Morgan fingerprint density at radius 3 is 2.59 bits per heavy atom. The number of halogens is 1. The molecule has 2 bridgehead atoms. The number of piperidine rings is 3. The Balaban J connectivity index is 1.70. The van der Waals surface area contributed by atoms with Crippen LogP contribution in [-0.4, -0.2) is 35.4 Å². The minimum atomic E-state index is -0.419. The highest BCUT2D eigenvalue weighted by molar-refractivity contribution is 14.1. The van der Waals surface area contributed by atoms with Gasteiger partial charge in [0.25, 0.3) is 5.91 Å². The van der Waals surface area contributed by atoms with Gasteiger partial charge in [-0.25, -0.2) is 4.98 Å². The first-order valence-electron chi connectivity index (χ1n) is 9.32. The Kier molecular flexibility index (Phi) is 4.20. The zero-order valence-electron chi connectivity index (χ0n) is 14.8. The fourth-order valence-electron chi connectivity index (χ4n) is 4.66. The lowest BCUT2D eigenvalue weighted by atomic mass is 9.74. The zero-order chi connectivity index (χ0) is 18.5. The summed E-state index contributed by atoms with van der Waals surface area (Å²) in [6.45, 7) is 3.32. The zero-order valence-corrected chi connectivity index (χ0v) is 17.0. The number of carbonyl (C=O) groups is 1. The third-order valence-corrected chi connectivity index (χ3v) is 6.86. The highest BCUT2D eigenvalue weighted by Gasteiger charge is 2.38. The van der Waals surface area contributed by atoms with Gasteiger partial charge in [-0.1, -0.05) is 18.2 Å². The molecular formula is C21H20IN3O2. The topological polar surface area (TPSA) is 72.4 Å². The van der Waals surface area contributed by atoms with Crippen LogP contribution in [0.2, 0.25) is 0 Å². The van der Waals surface area contributed by atoms with Crippen LogP contribution in [0, 0.1) is 9.49 Å². The van der Waals surface area contributed by atoms with Crippen molar-refractivity contribution in [3.63, 3.8) is 0 Å². The molecule has 1 unspecified atom stereocenters. The molecule has 2 N–H and O–H groups in total. The van der Waals surface area contributed by atoms with Gasteiger partial charge < -0.3 is 15.1 Å². The average Bonchev–Trinajstić information content (AvgIpc) is 3.11. The fraction of sp³-hybridized carbons (Fsp3) is 0.333. The van der Waals surface area contributed by atoms with Crippen molar-refractivity contribution >= 4 is 39.6 Å². The van der Waals surface area contributed by atoms with E-state index in [1.807, 2.05) is 36.4 Å². The number of aromatic nitrogens is 1. The summed E-state index contributed by atoms with van der Waals surface area (Å²) in [5.41, 5.74) is 9.58. The van der Waals surface area contributed by atoms with Crippen molar-refractivity contribution < 1.29 is 9.21 Å². The molecule has 0 spiro atoms. The molecule has 3 fully saturated rings. The fourth-order valence-corrected chi connectivity index (χ4v) is 5.61. The van der Waals surface area contributed by atoms with Gasteiger partial charge in [0.15, 0.2) is 5.58 Å². The molecule has 0 saturated carbocycles. The lowest BCUT2D eigenvalue weighted by Crippen LogP contribution is -2.46. The number of carbonyl (C=O) groups excluding carboxylic acids is 1. The Morgan fingerprint density at radius 2 is 1.96 bits per heavy atom. The maximum atomic E-state index is 12.5. The van der Waals surface area contributed by atoms with Crippen molar-refractivity contribution in [2.75, 3.05) is 19.6 Å². The van der Waals surface area contributed by atoms with Gasteiger partial charge in [0.2, 0.25) is 5.89 Å². The van der Waals surface area contributed by atoms with Gasteiger partial charge in [-0.05, 0) is 78.2 Å². The predicted octanol–water partition coefficient (Wildman–Crippen LogP) is 4.01. The third-order valence-electron chi connectivity index (χ3n) is 5.97. The SMILES string of the molecule is NC(=O)c1c(C2CN3CCC2CC3)c(I)cc2oc(-c3ccccc3)nc12. The summed E-state index contributed by atoms with van der Waals surface area (Å²) in [4.78, 5) is 19.7. The van der Waals surface area contributed by atoms with E-state index < -0.39 is 5.91 Å². The lowest BCUT2D eigenvalue weighted by molar-refractivity contribution is 0.0854. The molecule has 2 aromatic carbocycles. The monoisotopic (exact) mass is 473 g/mol. The summed E-state index contributed by atoms with van der Waals surface area (Å²) in [6.07, 6.45) is 2.37.